The van der Waals surface area contributed by atoms with Crippen molar-refractivity contribution >= 4 is 5.91 Å². The van der Waals surface area contributed by atoms with Crippen molar-refractivity contribution < 1.29 is 9.53 Å². The molecule has 1 aliphatic heterocycles. The number of likely N-dealkylation sites (tertiary alicyclic amines) is 1. The molecule has 2 rings (SSSR count). The topological polar surface area (TPSA) is 62.4 Å². The SMILES string of the molecule is COCC(=O)N1CCC[C@H]1c1cc(=O)cc(C)[nH]1. The number of aromatic amines is 1. The smallest absolute Gasteiger partial charge is 0.249 e. The summed E-state index contributed by atoms with van der Waals surface area (Å²) in [6.45, 7) is 2.66. The number of pyridine rings is 1. The Kier molecular flexibility index (Phi) is 3.81. The number of methoxy groups -OCH3 is 1. The summed E-state index contributed by atoms with van der Waals surface area (Å²) in [6.07, 6.45) is 1.84. The lowest BCUT2D eigenvalue weighted by molar-refractivity contribution is -0.136. The van der Waals surface area contributed by atoms with Gasteiger partial charge in [-0.25, -0.2) is 0 Å². The minimum atomic E-state index is -0.0275. The Balaban J connectivity index is 2.25. The Morgan fingerprint density at radius 2 is 2.33 bits per heavy atom. The van der Waals surface area contributed by atoms with E-state index in [0.717, 1.165) is 30.8 Å². The second kappa shape index (κ2) is 5.35. The van der Waals surface area contributed by atoms with Crippen molar-refractivity contribution in [2.45, 2.75) is 25.8 Å². The Morgan fingerprint density at radius 1 is 1.56 bits per heavy atom. The zero-order valence-electron chi connectivity index (χ0n) is 10.7. The zero-order chi connectivity index (χ0) is 13.1. The van der Waals surface area contributed by atoms with E-state index in [0.29, 0.717) is 0 Å². The molecular weight excluding hydrogens is 232 g/mol. The highest BCUT2D eigenvalue weighted by Gasteiger charge is 2.30. The molecule has 1 aliphatic rings. The number of rotatable bonds is 3. The minimum absolute atomic E-state index is 0.0210. The predicted octanol–water partition coefficient (Wildman–Crippen LogP) is 0.993. The molecule has 5 nitrogen and oxygen atoms in total. The van der Waals surface area contributed by atoms with Crippen LogP contribution in [-0.4, -0.2) is 36.1 Å². The summed E-state index contributed by atoms with van der Waals surface area (Å²) in [6, 6.07) is 3.11. The van der Waals surface area contributed by atoms with Gasteiger partial charge in [0.1, 0.15) is 6.61 Å². The number of carbonyl (C=O) groups is 1. The highest BCUT2D eigenvalue weighted by Crippen LogP contribution is 2.30. The molecule has 2 heterocycles. The molecule has 1 atom stereocenters. The molecule has 0 saturated carbocycles. The van der Waals surface area contributed by atoms with Crippen molar-refractivity contribution in [2.75, 3.05) is 20.3 Å². The molecule has 98 valence electrons. The summed E-state index contributed by atoms with van der Waals surface area (Å²) < 4.78 is 4.88. The van der Waals surface area contributed by atoms with E-state index in [1.54, 1.807) is 17.0 Å². The number of carbonyl (C=O) groups excluding carboxylic acids is 1. The second-order valence-electron chi connectivity index (χ2n) is 4.63. The van der Waals surface area contributed by atoms with Crippen molar-refractivity contribution in [1.82, 2.24) is 9.88 Å². The Morgan fingerprint density at radius 3 is 3.00 bits per heavy atom. The van der Waals surface area contributed by atoms with E-state index in [9.17, 15) is 9.59 Å². The van der Waals surface area contributed by atoms with E-state index in [1.807, 2.05) is 6.92 Å². The number of nitrogens with zero attached hydrogens (tertiary/aromatic N) is 1. The minimum Gasteiger partial charge on any atom is -0.375 e. The van der Waals surface area contributed by atoms with Crippen LogP contribution in [0.1, 0.15) is 30.3 Å². The number of aryl methyl sites for hydroxylation is 1. The lowest BCUT2D eigenvalue weighted by Gasteiger charge is -2.24. The first-order valence-corrected chi connectivity index (χ1v) is 6.11. The lowest BCUT2D eigenvalue weighted by Crippen LogP contribution is -2.34. The number of nitrogens with one attached hydrogen (secondary N) is 1. The van der Waals surface area contributed by atoms with Crippen LogP contribution in [-0.2, 0) is 9.53 Å². The molecule has 0 aromatic carbocycles. The molecule has 18 heavy (non-hydrogen) atoms. The molecule has 0 aliphatic carbocycles. The van der Waals surface area contributed by atoms with E-state index in [-0.39, 0.29) is 24.0 Å². The van der Waals surface area contributed by atoms with E-state index in [2.05, 4.69) is 4.98 Å². The van der Waals surface area contributed by atoms with Crippen LogP contribution in [0.5, 0.6) is 0 Å². The van der Waals surface area contributed by atoms with Crippen LogP contribution < -0.4 is 5.43 Å². The average molecular weight is 250 g/mol. The maximum absolute atomic E-state index is 11.9. The highest BCUT2D eigenvalue weighted by atomic mass is 16.5. The van der Waals surface area contributed by atoms with Gasteiger partial charge in [-0.15, -0.1) is 0 Å². The average Bonchev–Trinajstić information content (AvgIpc) is 2.76. The predicted molar refractivity (Wildman–Crippen MR) is 67.4 cm³/mol. The van der Waals surface area contributed by atoms with E-state index < -0.39 is 0 Å². The number of ether oxygens (including phenoxy) is 1. The van der Waals surface area contributed by atoms with Gasteiger partial charge in [0.2, 0.25) is 5.91 Å². The summed E-state index contributed by atoms with van der Waals surface area (Å²) in [7, 11) is 1.51. The van der Waals surface area contributed by atoms with Crippen LogP contribution in [0, 0.1) is 6.92 Å². The molecule has 1 amide bonds. The molecule has 0 radical (unpaired) electrons. The third-order valence-electron chi connectivity index (χ3n) is 3.20. The van der Waals surface area contributed by atoms with Crippen LogP contribution >= 0.6 is 0 Å². The van der Waals surface area contributed by atoms with Gasteiger partial charge >= 0.3 is 0 Å². The van der Waals surface area contributed by atoms with Crippen LogP contribution in [0.4, 0.5) is 0 Å². The molecule has 1 saturated heterocycles. The number of amides is 1. The molecule has 5 heteroatoms. The first kappa shape index (κ1) is 12.8. The van der Waals surface area contributed by atoms with Crippen molar-refractivity contribution in [3.63, 3.8) is 0 Å². The first-order chi connectivity index (χ1) is 8.61. The molecule has 1 aromatic rings. The van der Waals surface area contributed by atoms with Crippen LogP contribution in [0.25, 0.3) is 0 Å². The molecular formula is C13H18N2O3. The fraction of sp³-hybridized carbons (Fsp3) is 0.538. The van der Waals surface area contributed by atoms with Gasteiger partial charge in [0.25, 0.3) is 0 Å². The standard InChI is InChI=1S/C13H18N2O3/c1-9-6-10(16)7-11(14-9)12-4-3-5-15(12)13(17)8-18-2/h6-7,12H,3-5,8H2,1-2H3,(H,14,16)/t12-/m0/s1. The summed E-state index contributed by atoms with van der Waals surface area (Å²) in [5.74, 6) is -0.0256. The summed E-state index contributed by atoms with van der Waals surface area (Å²) in [5, 5.41) is 0. The van der Waals surface area contributed by atoms with Gasteiger partial charge in [0, 0.05) is 37.2 Å². The Bertz CT molecular complexity index is 495. The van der Waals surface area contributed by atoms with Crippen molar-refractivity contribution in [3.05, 3.63) is 33.7 Å². The third-order valence-corrected chi connectivity index (χ3v) is 3.20. The molecule has 0 spiro atoms. The first-order valence-electron chi connectivity index (χ1n) is 6.11. The van der Waals surface area contributed by atoms with Crippen LogP contribution in [0.2, 0.25) is 0 Å². The quantitative estimate of drug-likeness (QED) is 0.870. The highest BCUT2D eigenvalue weighted by molar-refractivity contribution is 5.78. The monoisotopic (exact) mass is 250 g/mol. The largest absolute Gasteiger partial charge is 0.375 e. The van der Waals surface area contributed by atoms with Crippen LogP contribution in [0.15, 0.2) is 16.9 Å². The molecule has 1 fully saturated rings. The number of aromatic nitrogens is 1. The molecule has 1 aromatic heterocycles. The fourth-order valence-corrected chi connectivity index (χ4v) is 2.48. The normalized spacial score (nSPS) is 19.2. The van der Waals surface area contributed by atoms with Gasteiger partial charge in [0.15, 0.2) is 5.43 Å². The van der Waals surface area contributed by atoms with Gasteiger partial charge in [-0.2, -0.15) is 0 Å². The molecule has 0 bridgehead atoms. The molecule has 1 N–H and O–H groups in total. The number of hydrogen-bond donors (Lipinski definition) is 1. The van der Waals surface area contributed by atoms with E-state index in [1.165, 1.54) is 7.11 Å². The van der Waals surface area contributed by atoms with Crippen molar-refractivity contribution in [3.8, 4) is 0 Å². The summed E-state index contributed by atoms with van der Waals surface area (Å²) in [4.78, 5) is 28.4. The maximum Gasteiger partial charge on any atom is 0.249 e. The lowest BCUT2D eigenvalue weighted by atomic mass is 10.1. The number of H-pyrrole nitrogens is 1. The fourth-order valence-electron chi connectivity index (χ4n) is 2.48. The van der Waals surface area contributed by atoms with Crippen molar-refractivity contribution in [2.24, 2.45) is 0 Å². The van der Waals surface area contributed by atoms with E-state index in [4.69, 9.17) is 4.74 Å². The van der Waals surface area contributed by atoms with Gasteiger partial charge in [0.05, 0.1) is 6.04 Å². The van der Waals surface area contributed by atoms with Gasteiger partial charge in [-0.05, 0) is 19.8 Å². The summed E-state index contributed by atoms with van der Waals surface area (Å²) in [5.41, 5.74) is 1.62. The van der Waals surface area contributed by atoms with Gasteiger partial charge in [-0.3, -0.25) is 9.59 Å². The Hall–Kier alpha value is -1.62. The second-order valence-corrected chi connectivity index (χ2v) is 4.63. The van der Waals surface area contributed by atoms with Crippen molar-refractivity contribution in [1.29, 1.82) is 0 Å². The van der Waals surface area contributed by atoms with E-state index >= 15 is 0 Å². The Labute approximate surface area is 106 Å². The third kappa shape index (κ3) is 2.61. The van der Waals surface area contributed by atoms with Gasteiger partial charge < -0.3 is 14.6 Å². The summed E-state index contributed by atoms with van der Waals surface area (Å²) >= 11 is 0. The zero-order valence-corrected chi connectivity index (χ0v) is 10.7. The van der Waals surface area contributed by atoms with Gasteiger partial charge in [-0.1, -0.05) is 0 Å². The molecule has 0 unspecified atom stereocenters. The maximum atomic E-state index is 11.9. The number of hydrogen-bond acceptors (Lipinski definition) is 3. The van der Waals surface area contributed by atoms with Crippen LogP contribution in [0.3, 0.4) is 0 Å².